The highest BCUT2D eigenvalue weighted by Gasteiger charge is 2.17. The van der Waals surface area contributed by atoms with Crippen LogP contribution in [0, 0.1) is 5.82 Å². The van der Waals surface area contributed by atoms with Gasteiger partial charge in [-0.2, -0.15) is 0 Å². The zero-order valence-electron chi connectivity index (χ0n) is 19.7. The highest BCUT2D eigenvalue weighted by Crippen LogP contribution is 2.25. The van der Waals surface area contributed by atoms with E-state index in [9.17, 15) is 14.0 Å². The van der Waals surface area contributed by atoms with Gasteiger partial charge in [-0.15, -0.1) is 0 Å². The van der Waals surface area contributed by atoms with Crippen molar-refractivity contribution in [2.75, 3.05) is 24.3 Å². The van der Waals surface area contributed by atoms with Gasteiger partial charge in [-0.1, -0.05) is 45.0 Å². The highest BCUT2D eigenvalue weighted by atomic mass is 19.1. The molecule has 0 aliphatic carbocycles. The number of carbonyl (C=O) groups is 2. The fourth-order valence-corrected chi connectivity index (χ4v) is 3.39. The van der Waals surface area contributed by atoms with Crippen LogP contribution in [0.25, 0.3) is 0 Å². The molecule has 0 spiro atoms. The van der Waals surface area contributed by atoms with Gasteiger partial charge in [-0.25, -0.2) is 4.39 Å². The molecule has 5 nitrogen and oxygen atoms in total. The van der Waals surface area contributed by atoms with Crippen LogP contribution in [0.4, 0.5) is 15.8 Å². The minimum Gasteiger partial charge on any atom is -0.377 e. The molecule has 2 amide bonds. The molecule has 0 radical (unpaired) electrons. The summed E-state index contributed by atoms with van der Waals surface area (Å²) in [6.45, 7) is 6.63. The molecule has 0 unspecified atom stereocenters. The third-order valence-electron chi connectivity index (χ3n) is 5.36. The van der Waals surface area contributed by atoms with E-state index < -0.39 is 0 Å². The number of rotatable bonds is 6. The monoisotopic (exact) mass is 447 g/mol. The van der Waals surface area contributed by atoms with Crippen LogP contribution in [0.5, 0.6) is 0 Å². The van der Waals surface area contributed by atoms with Gasteiger partial charge in [0.1, 0.15) is 5.82 Å². The number of carbonyl (C=O) groups excluding carboxylic acids is 2. The van der Waals surface area contributed by atoms with Gasteiger partial charge in [0.2, 0.25) is 0 Å². The maximum absolute atomic E-state index is 13.1. The number of anilines is 2. The summed E-state index contributed by atoms with van der Waals surface area (Å²) in [5, 5.41) is 5.74. The van der Waals surface area contributed by atoms with Crippen LogP contribution in [0.15, 0.2) is 66.7 Å². The Morgan fingerprint density at radius 1 is 0.879 bits per heavy atom. The van der Waals surface area contributed by atoms with Crippen molar-refractivity contribution in [3.8, 4) is 0 Å². The lowest BCUT2D eigenvalue weighted by atomic mass is 9.87. The topological polar surface area (TPSA) is 61.4 Å². The third-order valence-corrected chi connectivity index (χ3v) is 5.36. The molecule has 0 aliphatic heterocycles. The van der Waals surface area contributed by atoms with Gasteiger partial charge in [0.15, 0.2) is 0 Å². The summed E-state index contributed by atoms with van der Waals surface area (Å²) >= 11 is 0. The molecule has 0 saturated heterocycles. The zero-order valence-corrected chi connectivity index (χ0v) is 19.7. The van der Waals surface area contributed by atoms with Crippen LogP contribution in [0.1, 0.15) is 52.6 Å². The van der Waals surface area contributed by atoms with Crippen LogP contribution in [0.2, 0.25) is 0 Å². The van der Waals surface area contributed by atoms with Gasteiger partial charge in [0.05, 0.1) is 5.56 Å². The minimum atomic E-state index is -0.323. The predicted octanol–water partition coefficient (Wildman–Crippen LogP) is 5.37. The Balaban J connectivity index is 1.76. The third kappa shape index (κ3) is 6.19. The molecule has 33 heavy (non-hydrogen) atoms. The van der Waals surface area contributed by atoms with Crippen molar-refractivity contribution < 1.29 is 14.0 Å². The van der Waals surface area contributed by atoms with Crippen LogP contribution in [0.3, 0.4) is 0 Å². The van der Waals surface area contributed by atoms with Gasteiger partial charge in [-0.3, -0.25) is 9.59 Å². The molecule has 0 aliphatic rings. The van der Waals surface area contributed by atoms with Crippen molar-refractivity contribution in [3.63, 3.8) is 0 Å². The molecule has 0 bridgehead atoms. The van der Waals surface area contributed by atoms with Crippen LogP contribution < -0.4 is 15.5 Å². The second-order valence-corrected chi connectivity index (χ2v) is 9.22. The van der Waals surface area contributed by atoms with Crippen molar-refractivity contribution in [2.45, 2.75) is 32.7 Å². The zero-order chi connectivity index (χ0) is 24.2. The van der Waals surface area contributed by atoms with Gasteiger partial charge in [0.25, 0.3) is 11.8 Å². The smallest absolute Gasteiger partial charge is 0.255 e. The minimum absolute atomic E-state index is 0.00713. The lowest BCUT2D eigenvalue weighted by Crippen LogP contribution is -2.25. The Morgan fingerprint density at radius 2 is 1.52 bits per heavy atom. The molecular formula is C27H30FN3O2. The first kappa shape index (κ1) is 24.0. The molecule has 0 saturated carbocycles. The number of benzene rings is 3. The van der Waals surface area contributed by atoms with E-state index in [0.29, 0.717) is 16.8 Å². The SMILES string of the molecule is CN(C)c1ccc(NC(=O)c2ccc(C(C)(C)C)cc2)cc1C(=O)NCc1ccc(F)cc1. The molecule has 2 N–H and O–H groups in total. The van der Waals surface area contributed by atoms with Crippen LogP contribution >= 0.6 is 0 Å². The number of nitrogens with one attached hydrogen (secondary N) is 2. The van der Waals surface area contributed by atoms with E-state index in [-0.39, 0.29) is 29.6 Å². The Bertz CT molecular complexity index is 1130. The van der Waals surface area contributed by atoms with Gasteiger partial charge < -0.3 is 15.5 Å². The maximum atomic E-state index is 13.1. The summed E-state index contributed by atoms with van der Waals surface area (Å²) in [5.74, 6) is -0.851. The Morgan fingerprint density at radius 3 is 2.09 bits per heavy atom. The first-order chi connectivity index (χ1) is 15.5. The normalized spacial score (nSPS) is 11.1. The predicted molar refractivity (Wildman–Crippen MR) is 131 cm³/mol. The quantitative estimate of drug-likeness (QED) is 0.534. The maximum Gasteiger partial charge on any atom is 0.255 e. The summed E-state index contributed by atoms with van der Waals surface area (Å²) in [7, 11) is 3.70. The summed E-state index contributed by atoms with van der Waals surface area (Å²) in [6.07, 6.45) is 0. The molecule has 3 aromatic rings. The van der Waals surface area contributed by atoms with Crippen molar-refractivity contribution in [3.05, 3.63) is 94.8 Å². The van der Waals surface area contributed by atoms with Gasteiger partial charge >= 0.3 is 0 Å². The highest BCUT2D eigenvalue weighted by molar-refractivity contribution is 6.06. The first-order valence-electron chi connectivity index (χ1n) is 10.8. The van der Waals surface area contributed by atoms with Crippen molar-refractivity contribution in [1.29, 1.82) is 0 Å². The number of hydrogen-bond donors (Lipinski definition) is 2. The number of halogens is 1. The van der Waals surface area contributed by atoms with E-state index in [0.717, 1.165) is 16.8 Å². The van der Waals surface area contributed by atoms with E-state index in [4.69, 9.17) is 0 Å². The summed E-state index contributed by atoms with van der Waals surface area (Å²) in [6, 6.07) is 18.7. The molecule has 0 fully saturated rings. The first-order valence-corrected chi connectivity index (χ1v) is 10.8. The average Bonchev–Trinajstić information content (AvgIpc) is 2.77. The van der Waals surface area contributed by atoms with E-state index in [2.05, 4.69) is 31.4 Å². The molecule has 0 atom stereocenters. The fraction of sp³-hybridized carbons (Fsp3) is 0.259. The second-order valence-electron chi connectivity index (χ2n) is 9.22. The van der Waals surface area contributed by atoms with E-state index >= 15 is 0 Å². The number of amides is 2. The van der Waals surface area contributed by atoms with E-state index in [1.807, 2.05) is 31.1 Å². The van der Waals surface area contributed by atoms with Gasteiger partial charge in [0, 0.05) is 37.6 Å². The molecule has 0 heterocycles. The largest absolute Gasteiger partial charge is 0.377 e. The van der Waals surface area contributed by atoms with Gasteiger partial charge in [-0.05, 0) is 59.0 Å². The lowest BCUT2D eigenvalue weighted by molar-refractivity contribution is 0.0950. The molecule has 3 aromatic carbocycles. The molecular weight excluding hydrogens is 417 g/mol. The van der Waals surface area contributed by atoms with Crippen molar-refractivity contribution in [1.82, 2.24) is 5.32 Å². The average molecular weight is 448 g/mol. The summed E-state index contributed by atoms with van der Waals surface area (Å²) in [4.78, 5) is 27.5. The van der Waals surface area contributed by atoms with Crippen molar-refractivity contribution in [2.24, 2.45) is 0 Å². The summed E-state index contributed by atoms with van der Waals surface area (Å²) in [5.41, 5.74) is 4.17. The standard InChI is InChI=1S/C27H30FN3O2/c1-27(2,3)20-10-8-19(9-11-20)25(32)30-22-14-15-24(31(4)5)23(16-22)26(33)29-17-18-6-12-21(28)13-7-18/h6-16H,17H2,1-5H3,(H,29,33)(H,30,32). The van der Waals surface area contributed by atoms with Crippen LogP contribution in [-0.2, 0) is 12.0 Å². The van der Waals surface area contributed by atoms with Crippen LogP contribution in [-0.4, -0.2) is 25.9 Å². The van der Waals surface area contributed by atoms with E-state index in [1.165, 1.54) is 12.1 Å². The Kier molecular flexibility index (Phi) is 7.16. The molecule has 6 heteroatoms. The second kappa shape index (κ2) is 9.86. The number of hydrogen-bond acceptors (Lipinski definition) is 3. The van der Waals surface area contributed by atoms with Crippen molar-refractivity contribution >= 4 is 23.2 Å². The molecule has 0 aromatic heterocycles. The lowest BCUT2D eigenvalue weighted by Gasteiger charge is -2.19. The number of nitrogens with zero attached hydrogens (tertiary/aromatic N) is 1. The molecule has 3 rings (SSSR count). The summed E-state index contributed by atoms with van der Waals surface area (Å²) < 4.78 is 13.1. The molecule has 172 valence electrons. The van der Waals surface area contributed by atoms with E-state index in [1.54, 1.807) is 42.5 Å². The Labute approximate surface area is 194 Å². The fourth-order valence-electron chi connectivity index (χ4n) is 3.39. The Hall–Kier alpha value is -3.67.